The fraction of sp³-hybridized carbons (Fsp3) is 0.182. The van der Waals surface area contributed by atoms with Crippen LogP contribution >= 0.6 is 0 Å². The van der Waals surface area contributed by atoms with Crippen molar-refractivity contribution in [1.29, 1.82) is 0 Å². The summed E-state index contributed by atoms with van der Waals surface area (Å²) in [7, 11) is 0. The van der Waals surface area contributed by atoms with Crippen LogP contribution in [0.15, 0.2) is 59.5 Å². The number of carbonyl (C=O) groups is 2. The Morgan fingerprint density at radius 1 is 0.972 bits per heavy atom. The zero-order chi connectivity index (χ0) is 26.7. The lowest BCUT2D eigenvalue weighted by atomic mass is 10.0. The third kappa shape index (κ3) is 6.40. The van der Waals surface area contributed by atoms with Gasteiger partial charge in [-0.2, -0.15) is 26.3 Å². The Kier molecular flexibility index (Phi) is 7.36. The number of hydrogen-bond acceptors (Lipinski definition) is 5. The van der Waals surface area contributed by atoms with E-state index in [4.69, 9.17) is 9.84 Å². The van der Waals surface area contributed by atoms with Crippen LogP contribution in [-0.2, 0) is 35.0 Å². The first-order valence-electron chi connectivity index (χ1n) is 9.85. The van der Waals surface area contributed by atoms with Crippen LogP contribution in [0.1, 0.15) is 16.7 Å². The number of nitrogens with one attached hydrogen (secondary N) is 1. The van der Waals surface area contributed by atoms with Crippen molar-refractivity contribution in [2.45, 2.75) is 25.5 Å². The Labute approximate surface area is 197 Å². The molecule has 0 radical (unpaired) electrons. The molecule has 0 aliphatic rings. The number of hydrogen-bond donors (Lipinski definition) is 2. The van der Waals surface area contributed by atoms with Crippen LogP contribution in [0.5, 0.6) is 0 Å². The molecule has 0 saturated heterocycles. The molecule has 2 aromatic carbocycles. The Balaban J connectivity index is 2.02. The highest BCUT2D eigenvalue weighted by Gasteiger charge is 2.37. The fourth-order valence-electron chi connectivity index (χ4n) is 3.04. The fourth-order valence-corrected chi connectivity index (χ4v) is 3.04. The zero-order valence-corrected chi connectivity index (χ0v) is 17.9. The third-order valence-corrected chi connectivity index (χ3v) is 4.64. The number of benzene rings is 2. The lowest BCUT2D eigenvalue weighted by molar-refractivity contribution is -0.143. The van der Waals surface area contributed by atoms with Gasteiger partial charge in [0.15, 0.2) is 0 Å². The minimum atomic E-state index is -5.18. The van der Waals surface area contributed by atoms with Crippen LogP contribution in [0.25, 0.3) is 11.4 Å². The van der Waals surface area contributed by atoms with Gasteiger partial charge in [0.2, 0.25) is 0 Å². The number of ether oxygens (including phenoxy) is 1. The smallest absolute Gasteiger partial charge is 0.416 e. The number of nitrogens with zero attached hydrogens (tertiary/aromatic N) is 2. The van der Waals surface area contributed by atoms with E-state index >= 15 is 0 Å². The van der Waals surface area contributed by atoms with E-state index in [0.29, 0.717) is 28.5 Å². The predicted molar refractivity (Wildman–Crippen MR) is 112 cm³/mol. The van der Waals surface area contributed by atoms with E-state index in [1.807, 2.05) is 5.32 Å². The number of halogens is 6. The summed E-state index contributed by atoms with van der Waals surface area (Å²) in [6.45, 7) is -1.36. The maximum atomic E-state index is 13.2. The van der Waals surface area contributed by atoms with Crippen LogP contribution in [0, 0.1) is 0 Å². The molecule has 36 heavy (non-hydrogen) atoms. The predicted octanol–water partition coefficient (Wildman–Crippen LogP) is 4.78. The number of anilines is 1. The molecule has 2 N–H and O–H groups in total. The van der Waals surface area contributed by atoms with Gasteiger partial charge in [0.25, 0.3) is 5.56 Å². The van der Waals surface area contributed by atoms with Gasteiger partial charge in [-0.1, -0.05) is 30.3 Å². The lowest BCUT2D eigenvalue weighted by Crippen LogP contribution is -2.30. The molecule has 8 nitrogen and oxygen atoms in total. The number of aliphatic carboxylic acids is 1. The average Bonchev–Trinajstić information content (AvgIpc) is 2.79. The molecule has 0 spiro atoms. The van der Waals surface area contributed by atoms with Gasteiger partial charge in [-0.15, -0.1) is 0 Å². The number of aromatic nitrogens is 2. The number of carboxylic acids is 1. The van der Waals surface area contributed by atoms with Gasteiger partial charge < -0.3 is 9.84 Å². The maximum Gasteiger partial charge on any atom is 0.416 e. The maximum absolute atomic E-state index is 13.2. The average molecular weight is 515 g/mol. The minimum Gasteiger partial charge on any atom is -0.480 e. The topological polar surface area (TPSA) is 111 Å². The Morgan fingerprint density at radius 2 is 1.56 bits per heavy atom. The first-order chi connectivity index (χ1) is 16.8. The molecule has 0 aliphatic carbocycles. The molecule has 14 heteroatoms. The molecule has 190 valence electrons. The summed E-state index contributed by atoms with van der Waals surface area (Å²) >= 11 is 0. The molecule has 0 atom stereocenters. The second-order valence-electron chi connectivity index (χ2n) is 7.26. The third-order valence-electron chi connectivity index (χ3n) is 4.64. The molecule has 0 saturated carbocycles. The molecule has 0 bridgehead atoms. The molecule has 1 aromatic heterocycles. The van der Waals surface area contributed by atoms with Crippen molar-refractivity contribution in [3.8, 4) is 11.4 Å². The van der Waals surface area contributed by atoms with Gasteiger partial charge >= 0.3 is 24.4 Å². The number of rotatable bonds is 6. The summed E-state index contributed by atoms with van der Waals surface area (Å²) in [6, 6.07) is 8.86. The van der Waals surface area contributed by atoms with E-state index in [2.05, 4.69) is 4.98 Å². The minimum absolute atomic E-state index is 0.123. The van der Waals surface area contributed by atoms with Gasteiger partial charge in [-0.05, 0) is 23.8 Å². The monoisotopic (exact) mass is 515 g/mol. The first-order valence-corrected chi connectivity index (χ1v) is 9.85. The molecule has 1 heterocycles. The normalized spacial score (nSPS) is 11.7. The highest BCUT2D eigenvalue weighted by Crippen LogP contribution is 2.38. The van der Waals surface area contributed by atoms with Crippen molar-refractivity contribution in [3.05, 3.63) is 81.8 Å². The second-order valence-corrected chi connectivity index (χ2v) is 7.26. The van der Waals surface area contributed by atoms with Gasteiger partial charge in [0, 0.05) is 5.56 Å². The Bertz CT molecular complexity index is 1300. The van der Waals surface area contributed by atoms with Crippen molar-refractivity contribution in [3.63, 3.8) is 0 Å². The van der Waals surface area contributed by atoms with E-state index in [9.17, 15) is 40.7 Å². The largest absolute Gasteiger partial charge is 0.480 e. The Hall–Kier alpha value is -4.36. The Morgan fingerprint density at radius 3 is 2.08 bits per heavy atom. The summed E-state index contributed by atoms with van der Waals surface area (Å²) in [5.41, 5.74) is -5.43. The SMILES string of the molecule is O=C(O)Cn1c(-c2cc(C(F)(F)F)cc(C(F)(F)F)c2)ncc(NC(=O)OCc2ccccc2)c1=O. The van der Waals surface area contributed by atoms with Crippen molar-refractivity contribution in [2.24, 2.45) is 0 Å². The zero-order valence-electron chi connectivity index (χ0n) is 17.9. The number of alkyl halides is 6. The molecule has 3 aromatic rings. The quantitative estimate of drug-likeness (QED) is 0.458. The van der Waals surface area contributed by atoms with E-state index in [-0.39, 0.29) is 12.7 Å². The number of amides is 1. The lowest BCUT2D eigenvalue weighted by Gasteiger charge is -2.17. The summed E-state index contributed by atoms with van der Waals surface area (Å²) in [6.07, 6.45) is -10.8. The van der Waals surface area contributed by atoms with Crippen LogP contribution in [0.3, 0.4) is 0 Å². The second kappa shape index (κ2) is 10.1. The highest BCUT2D eigenvalue weighted by atomic mass is 19.4. The summed E-state index contributed by atoms with van der Waals surface area (Å²) < 4.78 is 84.7. The van der Waals surface area contributed by atoms with Crippen molar-refractivity contribution >= 4 is 17.7 Å². The van der Waals surface area contributed by atoms with Crippen LogP contribution in [-0.4, -0.2) is 26.7 Å². The summed E-state index contributed by atoms with van der Waals surface area (Å²) in [5, 5.41) is 11.2. The van der Waals surface area contributed by atoms with Gasteiger partial charge in [0.1, 0.15) is 24.7 Å². The molecular formula is C22H15F6N3O5. The van der Waals surface area contributed by atoms with Gasteiger partial charge in [-0.3, -0.25) is 19.5 Å². The van der Waals surface area contributed by atoms with Crippen LogP contribution in [0.4, 0.5) is 36.8 Å². The first kappa shape index (κ1) is 26.2. The van der Waals surface area contributed by atoms with Gasteiger partial charge in [0.05, 0.1) is 17.3 Å². The molecule has 0 fully saturated rings. The summed E-state index contributed by atoms with van der Waals surface area (Å²) in [4.78, 5) is 39.8. The molecule has 3 rings (SSSR count). The molecule has 1 amide bonds. The van der Waals surface area contributed by atoms with E-state index in [1.165, 1.54) is 0 Å². The van der Waals surface area contributed by atoms with Crippen molar-refractivity contribution in [1.82, 2.24) is 9.55 Å². The van der Waals surface area contributed by atoms with Crippen molar-refractivity contribution in [2.75, 3.05) is 5.32 Å². The van der Waals surface area contributed by atoms with E-state index < -0.39 is 64.7 Å². The number of carboxylic acid groups (broad SMARTS) is 1. The highest BCUT2D eigenvalue weighted by molar-refractivity contribution is 5.84. The molecule has 0 aliphatic heterocycles. The van der Waals surface area contributed by atoms with Crippen LogP contribution < -0.4 is 10.9 Å². The van der Waals surface area contributed by atoms with Crippen LogP contribution in [0.2, 0.25) is 0 Å². The molecular weight excluding hydrogens is 500 g/mol. The molecule has 0 unspecified atom stereocenters. The van der Waals surface area contributed by atoms with Crippen molar-refractivity contribution < 1.29 is 45.8 Å². The summed E-state index contributed by atoms with van der Waals surface area (Å²) in [5.74, 6) is -2.44. The van der Waals surface area contributed by atoms with E-state index in [0.717, 1.165) is 0 Å². The standard InChI is InChI=1S/C22H15F6N3O5/c23-21(24,25)14-6-13(7-15(8-14)22(26,27)28)18-29-9-16(19(34)31(18)10-17(32)33)30-20(35)36-11-12-4-2-1-3-5-12/h1-9H,10-11H2,(H,30,35)(H,32,33). The van der Waals surface area contributed by atoms with E-state index in [1.54, 1.807) is 30.3 Å². The van der Waals surface area contributed by atoms with Gasteiger partial charge in [-0.25, -0.2) is 9.78 Å². The number of carbonyl (C=O) groups excluding carboxylic acids is 1.